The largest absolute Gasteiger partial charge is 0.352 e. The van der Waals surface area contributed by atoms with E-state index in [1.165, 1.54) is 17.0 Å². The maximum absolute atomic E-state index is 14.6. The number of benzene rings is 4. The molecule has 0 saturated heterocycles. The van der Waals surface area contributed by atoms with Crippen LogP contribution in [0.5, 0.6) is 0 Å². The van der Waals surface area contributed by atoms with Gasteiger partial charge in [0.2, 0.25) is 11.8 Å². The van der Waals surface area contributed by atoms with Crippen molar-refractivity contribution in [2.24, 2.45) is 0 Å². The van der Waals surface area contributed by atoms with E-state index in [-0.39, 0.29) is 35.5 Å². The van der Waals surface area contributed by atoms with Gasteiger partial charge in [-0.15, -0.1) is 0 Å². The molecule has 0 radical (unpaired) electrons. The Morgan fingerprint density at radius 3 is 2.22 bits per heavy atom. The highest BCUT2D eigenvalue weighted by Crippen LogP contribution is 2.30. The lowest BCUT2D eigenvalue weighted by Crippen LogP contribution is -2.54. The van der Waals surface area contributed by atoms with Gasteiger partial charge < -0.3 is 10.2 Å². The summed E-state index contributed by atoms with van der Waals surface area (Å²) in [5.74, 6) is -0.844. The minimum atomic E-state index is -4.23. The van der Waals surface area contributed by atoms with Crippen LogP contribution in [0, 0.1) is 13.8 Å². The van der Waals surface area contributed by atoms with Crippen LogP contribution in [0.3, 0.4) is 0 Å². The highest BCUT2D eigenvalue weighted by molar-refractivity contribution is 9.10. The molecule has 7 nitrogen and oxygen atoms in total. The summed E-state index contributed by atoms with van der Waals surface area (Å²) in [6.07, 6.45) is 0.948. The van der Waals surface area contributed by atoms with Crippen LogP contribution >= 0.6 is 27.5 Å². The van der Waals surface area contributed by atoms with Gasteiger partial charge in [-0.25, -0.2) is 8.42 Å². The van der Waals surface area contributed by atoms with Crippen LogP contribution in [0.4, 0.5) is 5.69 Å². The first-order valence-electron chi connectivity index (χ1n) is 15.1. The Kier molecular flexibility index (Phi) is 12.1. The number of hydrogen-bond donors (Lipinski definition) is 1. The van der Waals surface area contributed by atoms with E-state index in [0.717, 1.165) is 25.5 Å². The quantitative estimate of drug-likeness (QED) is 0.155. The monoisotopic (exact) mass is 723 g/mol. The third kappa shape index (κ3) is 8.99. The third-order valence-electron chi connectivity index (χ3n) is 7.84. The lowest BCUT2D eigenvalue weighted by molar-refractivity contribution is -0.140. The van der Waals surface area contributed by atoms with E-state index in [1.807, 2.05) is 75.4 Å². The summed E-state index contributed by atoms with van der Waals surface area (Å²) in [6.45, 7) is 7.06. The molecule has 242 valence electrons. The van der Waals surface area contributed by atoms with Gasteiger partial charge in [-0.2, -0.15) is 0 Å². The average molecular weight is 725 g/mol. The van der Waals surface area contributed by atoms with E-state index in [0.29, 0.717) is 17.0 Å². The first-order valence-corrected chi connectivity index (χ1v) is 17.7. The van der Waals surface area contributed by atoms with E-state index >= 15 is 0 Å². The first kappa shape index (κ1) is 35.2. The topological polar surface area (TPSA) is 86.8 Å². The summed E-state index contributed by atoms with van der Waals surface area (Å²) in [5.41, 5.74) is 3.46. The number of anilines is 1. The van der Waals surface area contributed by atoms with Crippen molar-refractivity contribution in [1.29, 1.82) is 0 Å². The fraction of sp³-hybridized carbons (Fsp3) is 0.278. The molecular formula is C36H39BrClN3O4S. The Morgan fingerprint density at radius 2 is 1.57 bits per heavy atom. The van der Waals surface area contributed by atoms with Crippen LogP contribution in [0.1, 0.15) is 42.5 Å². The third-order valence-corrected chi connectivity index (χ3v) is 10.3. The fourth-order valence-corrected chi connectivity index (χ4v) is 7.11. The smallest absolute Gasteiger partial charge is 0.264 e. The van der Waals surface area contributed by atoms with Crippen LogP contribution in [0.2, 0.25) is 5.02 Å². The molecule has 2 atom stereocenters. The van der Waals surface area contributed by atoms with Crippen molar-refractivity contribution in [2.45, 2.75) is 64.1 Å². The van der Waals surface area contributed by atoms with Crippen LogP contribution in [-0.2, 0) is 32.6 Å². The number of aryl methyl sites for hydroxylation is 2. The molecule has 0 spiro atoms. The molecule has 1 N–H and O–H groups in total. The summed E-state index contributed by atoms with van der Waals surface area (Å²) >= 11 is 9.88. The van der Waals surface area contributed by atoms with Crippen molar-refractivity contribution in [3.8, 4) is 0 Å². The predicted octanol–water partition coefficient (Wildman–Crippen LogP) is 7.47. The second-order valence-electron chi connectivity index (χ2n) is 11.4. The molecule has 2 amide bonds. The van der Waals surface area contributed by atoms with Crippen LogP contribution in [0.25, 0.3) is 0 Å². The highest BCUT2D eigenvalue weighted by Gasteiger charge is 2.35. The Morgan fingerprint density at radius 1 is 0.891 bits per heavy atom. The van der Waals surface area contributed by atoms with Crippen molar-refractivity contribution < 1.29 is 18.0 Å². The van der Waals surface area contributed by atoms with Crippen molar-refractivity contribution in [1.82, 2.24) is 10.2 Å². The molecule has 0 aliphatic heterocycles. The molecule has 0 aromatic heterocycles. The normalized spacial score (nSPS) is 12.7. The lowest BCUT2D eigenvalue weighted by Gasteiger charge is -2.34. The summed E-state index contributed by atoms with van der Waals surface area (Å²) in [4.78, 5) is 30.1. The highest BCUT2D eigenvalue weighted by atomic mass is 79.9. The molecule has 10 heteroatoms. The Balaban J connectivity index is 1.84. The molecule has 0 unspecified atom stereocenters. The molecule has 46 heavy (non-hydrogen) atoms. The van der Waals surface area contributed by atoms with Gasteiger partial charge in [0, 0.05) is 28.5 Å². The Labute approximate surface area is 285 Å². The van der Waals surface area contributed by atoms with Gasteiger partial charge in [0.25, 0.3) is 10.0 Å². The molecule has 4 rings (SSSR count). The van der Waals surface area contributed by atoms with Gasteiger partial charge >= 0.3 is 0 Å². The van der Waals surface area contributed by atoms with Crippen molar-refractivity contribution in [3.63, 3.8) is 0 Å². The number of rotatable bonds is 13. The Bertz CT molecular complexity index is 1770. The lowest BCUT2D eigenvalue weighted by atomic mass is 10.0. The van der Waals surface area contributed by atoms with Gasteiger partial charge in [-0.3, -0.25) is 13.9 Å². The van der Waals surface area contributed by atoms with Gasteiger partial charge in [-0.05, 0) is 80.3 Å². The van der Waals surface area contributed by atoms with Gasteiger partial charge in [-0.1, -0.05) is 101 Å². The van der Waals surface area contributed by atoms with E-state index in [9.17, 15) is 18.0 Å². The predicted molar refractivity (Wildman–Crippen MR) is 188 cm³/mol. The number of hydrogen-bond acceptors (Lipinski definition) is 4. The first-order chi connectivity index (χ1) is 21.9. The molecule has 0 heterocycles. The second-order valence-corrected chi connectivity index (χ2v) is 14.6. The maximum Gasteiger partial charge on any atom is 0.264 e. The fourth-order valence-electron chi connectivity index (χ4n) is 5.03. The molecule has 4 aromatic rings. The van der Waals surface area contributed by atoms with Crippen molar-refractivity contribution in [3.05, 3.63) is 129 Å². The minimum absolute atomic E-state index is 0.0409. The van der Waals surface area contributed by atoms with Crippen molar-refractivity contribution >= 4 is 55.1 Å². The zero-order valence-electron chi connectivity index (χ0n) is 26.4. The van der Waals surface area contributed by atoms with Gasteiger partial charge in [0.1, 0.15) is 12.6 Å². The zero-order valence-corrected chi connectivity index (χ0v) is 29.6. The minimum Gasteiger partial charge on any atom is -0.352 e. The molecular weight excluding hydrogens is 686 g/mol. The molecule has 4 aromatic carbocycles. The van der Waals surface area contributed by atoms with E-state index in [4.69, 9.17) is 11.6 Å². The van der Waals surface area contributed by atoms with Crippen molar-refractivity contribution in [2.75, 3.05) is 10.8 Å². The number of nitrogens with zero attached hydrogens (tertiary/aromatic N) is 2. The van der Waals surface area contributed by atoms with E-state index in [1.54, 1.807) is 37.3 Å². The molecule has 0 aliphatic carbocycles. The number of sulfonamides is 1. The number of carbonyl (C=O) groups is 2. The van der Waals surface area contributed by atoms with Crippen LogP contribution in [0.15, 0.2) is 106 Å². The standard InChI is InChI=1S/C36H39BrClN3O4S/c1-5-27(4)39-36(43)34(21-28-10-7-6-8-11-28)40(23-29-12-9-13-30(37)20-29)35(42)24-41(33-22-31(38)17-16-26(33)3)46(44,45)32-18-14-25(2)15-19-32/h6-20,22,27,34H,5,21,23-24H2,1-4H3,(H,39,43)/t27-,34+/m1/s1. The molecule has 0 saturated carbocycles. The number of halogens is 2. The second kappa shape index (κ2) is 15.8. The van der Waals surface area contributed by atoms with Crippen LogP contribution < -0.4 is 9.62 Å². The number of nitrogens with one attached hydrogen (secondary N) is 1. The van der Waals surface area contributed by atoms with E-state index in [2.05, 4.69) is 21.2 Å². The Hall–Kier alpha value is -3.66. The van der Waals surface area contributed by atoms with Crippen LogP contribution in [-0.4, -0.2) is 43.8 Å². The summed E-state index contributed by atoms with van der Waals surface area (Å²) in [6, 6.07) is 27.4. The maximum atomic E-state index is 14.6. The van der Waals surface area contributed by atoms with E-state index < -0.39 is 28.5 Å². The SMILES string of the molecule is CC[C@@H](C)NC(=O)[C@H](Cc1ccccc1)N(Cc1cccc(Br)c1)C(=O)CN(c1cc(Cl)ccc1C)S(=O)(=O)c1ccc(C)cc1. The molecule has 0 aliphatic rings. The van der Waals surface area contributed by atoms with Gasteiger partial charge in [0.15, 0.2) is 0 Å². The number of amides is 2. The zero-order chi connectivity index (χ0) is 33.4. The molecule has 0 bridgehead atoms. The summed E-state index contributed by atoms with van der Waals surface area (Å²) < 4.78 is 30.5. The average Bonchev–Trinajstić information content (AvgIpc) is 3.03. The number of carbonyl (C=O) groups excluding carboxylic acids is 2. The van der Waals surface area contributed by atoms with Gasteiger partial charge in [0.05, 0.1) is 10.6 Å². The summed E-state index contributed by atoms with van der Waals surface area (Å²) in [7, 11) is -4.23. The summed E-state index contributed by atoms with van der Waals surface area (Å²) in [5, 5.41) is 3.39. The molecule has 0 fully saturated rings.